The van der Waals surface area contributed by atoms with E-state index in [-0.39, 0.29) is 29.6 Å². The molecule has 0 bridgehead atoms. The number of anilines is 1. The summed E-state index contributed by atoms with van der Waals surface area (Å²) in [6.07, 6.45) is 0. The smallest absolute Gasteiger partial charge is 0.314 e. The van der Waals surface area contributed by atoms with Gasteiger partial charge in [0.25, 0.3) is 0 Å². The van der Waals surface area contributed by atoms with Gasteiger partial charge in [-0.25, -0.2) is 13.2 Å². The molecular formula is C20H22N2O3S. The van der Waals surface area contributed by atoms with E-state index in [1.54, 1.807) is 9.80 Å². The van der Waals surface area contributed by atoms with Crippen molar-refractivity contribution >= 4 is 21.6 Å². The van der Waals surface area contributed by atoms with Crippen LogP contribution in [0.4, 0.5) is 10.5 Å². The fourth-order valence-corrected chi connectivity index (χ4v) is 5.96. The number of nitrogens with zero attached hydrogens (tertiary/aromatic N) is 2. The number of hydrogen-bond acceptors (Lipinski definition) is 3. The number of hydrogen-bond donors (Lipinski definition) is 0. The third-order valence-electron chi connectivity index (χ3n) is 5.36. The molecule has 136 valence electrons. The second-order valence-electron chi connectivity index (χ2n) is 7.26. The summed E-state index contributed by atoms with van der Waals surface area (Å²) < 4.78 is 24.6. The highest BCUT2D eigenvalue weighted by Gasteiger charge is 2.53. The Kier molecular flexibility index (Phi) is 4.03. The molecule has 2 amide bonds. The molecule has 2 saturated heterocycles. The van der Waals surface area contributed by atoms with Crippen molar-refractivity contribution in [1.29, 1.82) is 0 Å². The first-order chi connectivity index (χ1) is 12.4. The Morgan fingerprint density at radius 1 is 1.00 bits per heavy atom. The molecule has 2 aromatic rings. The van der Waals surface area contributed by atoms with Crippen LogP contribution in [0.1, 0.15) is 16.7 Å². The maximum absolute atomic E-state index is 13.2. The van der Waals surface area contributed by atoms with Crippen molar-refractivity contribution in [3.8, 4) is 0 Å². The lowest BCUT2D eigenvalue weighted by molar-refractivity contribution is 0.205. The van der Waals surface area contributed by atoms with Crippen LogP contribution in [0.25, 0.3) is 0 Å². The van der Waals surface area contributed by atoms with Crippen molar-refractivity contribution < 1.29 is 13.2 Å². The minimum atomic E-state index is -3.15. The van der Waals surface area contributed by atoms with Crippen LogP contribution in [0.15, 0.2) is 48.5 Å². The minimum Gasteiger partial charge on any atom is -0.314 e. The fraction of sp³-hybridized carbons (Fsp3) is 0.350. The summed E-state index contributed by atoms with van der Waals surface area (Å²) in [5.41, 5.74) is 4.07. The molecular weight excluding hydrogens is 348 g/mol. The molecule has 26 heavy (non-hydrogen) atoms. The van der Waals surface area contributed by atoms with Crippen molar-refractivity contribution in [2.45, 2.75) is 32.5 Å². The van der Waals surface area contributed by atoms with Crippen molar-refractivity contribution in [3.05, 3.63) is 65.2 Å². The third kappa shape index (κ3) is 2.88. The van der Waals surface area contributed by atoms with Gasteiger partial charge < -0.3 is 4.90 Å². The van der Waals surface area contributed by atoms with Gasteiger partial charge in [-0.1, -0.05) is 42.0 Å². The van der Waals surface area contributed by atoms with Gasteiger partial charge in [-0.3, -0.25) is 4.90 Å². The lowest BCUT2D eigenvalue weighted by Gasteiger charge is -2.23. The largest absolute Gasteiger partial charge is 0.325 e. The zero-order valence-electron chi connectivity index (χ0n) is 14.9. The average Bonchev–Trinajstić information content (AvgIpc) is 3.02. The van der Waals surface area contributed by atoms with Crippen molar-refractivity contribution in [2.75, 3.05) is 16.4 Å². The van der Waals surface area contributed by atoms with Crippen LogP contribution in [0, 0.1) is 13.8 Å². The van der Waals surface area contributed by atoms with Gasteiger partial charge >= 0.3 is 6.03 Å². The number of sulfone groups is 1. The number of rotatable bonds is 3. The van der Waals surface area contributed by atoms with E-state index in [9.17, 15) is 13.2 Å². The SMILES string of the molecule is Cc1ccc(C)c(CN2C(=O)N(c3ccccc3)[C@@H]3CS(=O)(=O)C[C@H]32)c1. The first kappa shape index (κ1) is 17.1. The second-order valence-corrected chi connectivity index (χ2v) is 9.41. The maximum atomic E-state index is 13.2. The molecule has 0 aromatic heterocycles. The molecule has 0 unspecified atom stereocenters. The number of carbonyl (C=O) groups is 1. The quantitative estimate of drug-likeness (QED) is 0.781. The molecule has 2 atom stereocenters. The van der Waals surface area contributed by atoms with Gasteiger partial charge in [-0.15, -0.1) is 0 Å². The highest BCUT2D eigenvalue weighted by atomic mass is 32.2. The van der Waals surface area contributed by atoms with E-state index in [4.69, 9.17) is 0 Å². The topological polar surface area (TPSA) is 57.7 Å². The zero-order valence-corrected chi connectivity index (χ0v) is 15.7. The van der Waals surface area contributed by atoms with Crippen LogP contribution < -0.4 is 4.90 Å². The van der Waals surface area contributed by atoms with Crippen molar-refractivity contribution in [1.82, 2.24) is 4.90 Å². The standard InChI is InChI=1S/C20H22N2O3S/c1-14-8-9-15(2)16(10-14)11-21-18-12-26(24,25)13-19(18)22(20(21)23)17-6-4-3-5-7-17/h3-10,18-19H,11-13H2,1-2H3/t18-,19-/m1/s1. The molecule has 2 aromatic carbocycles. The van der Waals surface area contributed by atoms with E-state index in [0.717, 1.165) is 22.4 Å². The zero-order chi connectivity index (χ0) is 18.5. The maximum Gasteiger partial charge on any atom is 0.325 e. The highest BCUT2D eigenvalue weighted by Crippen LogP contribution is 2.36. The Balaban J connectivity index is 1.72. The summed E-state index contributed by atoms with van der Waals surface area (Å²) in [6, 6.07) is 14.8. The fourth-order valence-electron chi connectivity index (χ4n) is 4.01. The number of amides is 2. The van der Waals surface area contributed by atoms with Gasteiger partial charge in [-0.05, 0) is 37.1 Å². The predicted octanol–water partition coefficient (Wildman–Crippen LogP) is 2.91. The number of carbonyl (C=O) groups excluding carboxylic acids is 1. The minimum absolute atomic E-state index is 0.0294. The van der Waals surface area contributed by atoms with E-state index < -0.39 is 9.84 Å². The van der Waals surface area contributed by atoms with E-state index in [2.05, 4.69) is 6.07 Å². The lowest BCUT2D eigenvalue weighted by atomic mass is 10.0. The summed E-state index contributed by atoms with van der Waals surface area (Å²) in [5.74, 6) is 0.0687. The van der Waals surface area contributed by atoms with Crippen LogP contribution in [0.5, 0.6) is 0 Å². The van der Waals surface area contributed by atoms with Crippen molar-refractivity contribution in [3.63, 3.8) is 0 Å². The van der Waals surface area contributed by atoms with Gasteiger partial charge in [0.2, 0.25) is 0 Å². The van der Waals surface area contributed by atoms with E-state index >= 15 is 0 Å². The summed E-state index contributed by atoms with van der Waals surface area (Å²) in [7, 11) is -3.15. The number of aryl methyl sites for hydroxylation is 2. The molecule has 2 fully saturated rings. The van der Waals surface area contributed by atoms with Gasteiger partial charge in [0.1, 0.15) is 0 Å². The molecule has 0 radical (unpaired) electrons. The lowest BCUT2D eigenvalue weighted by Crippen LogP contribution is -2.37. The molecule has 2 heterocycles. The molecule has 0 spiro atoms. The van der Waals surface area contributed by atoms with E-state index in [1.165, 1.54) is 0 Å². The summed E-state index contributed by atoms with van der Waals surface area (Å²) >= 11 is 0. The van der Waals surface area contributed by atoms with E-state index in [1.807, 2.05) is 56.3 Å². The van der Waals surface area contributed by atoms with Crippen LogP contribution in [-0.4, -0.2) is 42.9 Å². The van der Waals surface area contributed by atoms with Gasteiger partial charge in [0, 0.05) is 12.2 Å². The van der Waals surface area contributed by atoms with Crippen LogP contribution in [0.3, 0.4) is 0 Å². The van der Waals surface area contributed by atoms with Crippen molar-refractivity contribution in [2.24, 2.45) is 0 Å². The third-order valence-corrected chi connectivity index (χ3v) is 7.06. The first-order valence-corrected chi connectivity index (χ1v) is 10.6. The monoisotopic (exact) mass is 370 g/mol. The van der Waals surface area contributed by atoms with E-state index in [0.29, 0.717) is 6.54 Å². The summed E-state index contributed by atoms with van der Waals surface area (Å²) in [4.78, 5) is 16.6. The molecule has 4 rings (SSSR count). The highest BCUT2D eigenvalue weighted by molar-refractivity contribution is 7.91. The molecule has 5 nitrogen and oxygen atoms in total. The van der Waals surface area contributed by atoms with Crippen LogP contribution in [0.2, 0.25) is 0 Å². The summed E-state index contributed by atoms with van der Waals surface area (Å²) in [6.45, 7) is 4.48. The first-order valence-electron chi connectivity index (χ1n) is 8.77. The molecule has 6 heteroatoms. The Bertz CT molecular complexity index is 956. The number of fused-ring (bicyclic) bond motifs is 1. The Morgan fingerprint density at radius 2 is 1.69 bits per heavy atom. The van der Waals surface area contributed by atoms with Gasteiger partial charge in [0.15, 0.2) is 9.84 Å². The second kappa shape index (κ2) is 6.13. The molecule has 0 saturated carbocycles. The average molecular weight is 370 g/mol. The molecule has 0 N–H and O–H groups in total. The Hall–Kier alpha value is -2.34. The Morgan fingerprint density at radius 3 is 2.42 bits per heavy atom. The van der Waals surface area contributed by atoms with Gasteiger partial charge in [0.05, 0.1) is 23.6 Å². The molecule has 2 aliphatic heterocycles. The Labute approximate surface area is 154 Å². The number of urea groups is 1. The van der Waals surface area contributed by atoms with Gasteiger partial charge in [-0.2, -0.15) is 0 Å². The number of benzene rings is 2. The normalized spacial score (nSPS) is 24.2. The predicted molar refractivity (Wildman–Crippen MR) is 102 cm³/mol. The van der Waals surface area contributed by atoms with Crippen LogP contribution in [-0.2, 0) is 16.4 Å². The molecule has 2 aliphatic rings. The molecule has 0 aliphatic carbocycles. The van der Waals surface area contributed by atoms with Crippen LogP contribution >= 0.6 is 0 Å². The summed E-state index contributed by atoms with van der Waals surface area (Å²) in [5, 5.41) is 0. The number of para-hydroxylation sites is 1.